The summed E-state index contributed by atoms with van der Waals surface area (Å²) in [7, 11) is 0. The maximum Gasteiger partial charge on any atom is 0.124 e. The lowest BCUT2D eigenvalue weighted by atomic mass is 9.62. The molecule has 54 heavy (non-hydrogen) atoms. The lowest BCUT2D eigenvalue weighted by Crippen LogP contribution is -2.32. The molecule has 7 aromatic rings. The Bertz CT molecular complexity index is 2830. The summed E-state index contributed by atoms with van der Waals surface area (Å²) in [6.07, 6.45) is 19.5. The van der Waals surface area contributed by atoms with Crippen LogP contribution in [-0.4, -0.2) is 6.10 Å². The van der Waals surface area contributed by atoms with Crippen molar-refractivity contribution in [1.29, 1.82) is 0 Å². The van der Waals surface area contributed by atoms with E-state index in [2.05, 4.69) is 160 Å². The highest BCUT2D eigenvalue weighted by Crippen LogP contribution is 2.61. The van der Waals surface area contributed by atoms with E-state index in [-0.39, 0.29) is 17.4 Å². The molecule has 5 aromatic carbocycles. The van der Waals surface area contributed by atoms with Gasteiger partial charge in [-0.2, -0.15) is 0 Å². The second-order valence-electron chi connectivity index (χ2n) is 15.7. The largest absolute Gasteiger partial charge is 0.489 e. The zero-order valence-corrected chi connectivity index (χ0v) is 32.4. The fraction of sp³-hybridized carbons (Fsp3) is 0.176. The molecule has 3 aliphatic carbocycles. The molecule has 262 valence electrons. The minimum absolute atomic E-state index is 0.0239. The van der Waals surface area contributed by atoms with Gasteiger partial charge in [0.25, 0.3) is 0 Å². The molecular weight excluding hydrogens is 693 g/mol. The molecule has 0 saturated carbocycles. The smallest absolute Gasteiger partial charge is 0.124 e. The summed E-state index contributed by atoms with van der Waals surface area (Å²) in [6.45, 7) is 6.91. The van der Waals surface area contributed by atoms with Crippen molar-refractivity contribution in [3.63, 3.8) is 0 Å². The van der Waals surface area contributed by atoms with E-state index in [1.807, 2.05) is 22.7 Å². The maximum atomic E-state index is 6.99. The van der Waals surface area contributed by atoms with Crippen molar-refractivity contribution in [1.82, 2.24) is 0 Å². The Balaban J connectivity index is 1.09. The molecule has 2 aromatic heterocycles. The van der Waals surface area contributed by atoms with Crippen LogP contribution >= 0.6 is 22.7 Å². The molecular formula is C51H40OS2. The normalized spacial score (nSPS) is 21.4. The van der Waals surface area contributed by atoms with E-state index in [1.54, 1.807) is 0 Å². The third-order valence-corrected chi connectivity index (χ3v) is 14.5. The molecule has 0 spiro atoms. The number of thiophene rings is 2. The van der Waals surface area contributed by atoms with Crippen LogP contribution in [0.25, 0.3) is 70.4 Å². The fourth-order valence-corrected chi connectivity index (χ4v) is 12.1. The Morgan fingerprint density at radius 3 is 1.81 bits per heavy atom. The number of hydrogen-bond donors (Lipinski definition) is 0. The number of hydrogen-bond acceptors (Lipinski definition) is 3. The van der Waals surface area contributed by atoms with Gasteiger partial charge in [-0.05, 0) is 135 Å². The highest BCUT2D eigenvalue weighted by Gasteiger charge is 2.54. The minimum Gasteiger partial charge on any atom is -0.489 e. The summed E-state index contributed by atoms with van der Waals surface area (Å²) in [4.78, 5) is 5.38. The van der Waals surface area contributed by atoms with Gasteiger partial charge in [-0.25, -0.2) is 0 Å². The highest BCUT2D eigenvalue weighted by atomic mass is 32.1. The zero-order valence-electron chi connectivity index (χ0n) is 30.8. The van der Waals surface area contributed by atoms with E-state index in [4.69, 9.17) is 4.74 Å². The number of rotatable bonds is 4. The molecule has 3 heteroatoms. The van der Waals surface area contributed by atoms with Gasteiger partial charge in [-0.15, -0.1) is 22.7 Å². The summed E-state index contributed by atoms with van der Waals surface area (Å²) >= 11 is 3.80. The third-order valence-electron chi connectivity index (χ3n) is 12.5. The summed E-state index contributed by atoms with van der Waals surface area (Å²) in [5.74, 6) is 1.27. The van der Waals surface area contributed by atoms with Gasteiger partial charge in [0.05, 0.1) is 0 Å². The van der Waals surface area contributed by atoms with Gasteiger partial charge in [0, 0.05) is 42.0 Å². The van der Waals surface area contributed by atoms with Crippen LogP contribution in [-0.2, 0) is 11.2 Å². The van der Waals surface area contributed by atoms with E-state index in [1.165, 1.54) is 96.4 Å². The summed E-state index contributed by atoms with van der Waals surface area (Å²) in [6, 6.07) is 36.5. The topological polar surface area (TPSA) is 9.23 Å². The molecule has 1 aliphatic heterocycles. The Labute approximate surface area is 325 Å². The first-order valence-electron chi connectivity index (χ1n) is 19.3. The van der Waals surface area contributed by atoms with Crippen LogP contribution in [0.3, 0.4) is 0 Å². The Morgan fingerprint density at radius 2 is 1.20 bits per heavy atom. The minimum atomic E-state index is -0.223. The SMILES string of the molecule is Cc1ccc(-c2c3c(c(C4=CC=C5OC6C=CC=C(c7c8ccccc8c(-c8ccc(C)s8)c8ccccc78)C6C5(C)C4)c4ccccc24)CCC=C3)s1. The first-order valence-corrected chi connectivity index (χ1v) is 20.9. The maximum absolute atomic E-state index is 6.99. The van der Waals surface area contributed by atoms with Gasteiger partial charge in [0.15, 0.2) is 0 Å². The molecule has 3 unspecified atom stereocenters. The van der Waals surface area contributed by atoms with Crippen molar-refractivity contribution < 1.29 is 4.74 Å². The predicted octanol–water partition coefficient (Wildman–Crippen LogP) is 14.5. The number of allylic oxidation sites excluding steroid dienone is 7. The van der Waals surface area contributed by atoms with E-state index >= 15 is 0 Å². The van der Waals surface area contributed by atoms with Gasteiger partial charge in [-0.3, -0.25) is 0 Å². The molecule has 0 radical (unpaired) electrons. The van der Waals surface area contributed by atoms with Gasteiger partial charge >= 0.3 is 0 Å². The molecule has 0 amide bonds. The standard InChI is InChI=1S/C51H40OS2/c1-30-23-26-43(53-30)48-37-17-8-4-13-33(37)46(34-14-5-9-18-38(34)48)32-25-28-45-51(3,29-32)50-41(21-12-22-42(50)52-45)47-35-15-6-10-19-39(35)49(44-27-24-31(2)54-44)40-20-11-7-16-36(40)47/h4,6-13,15-28,42,50H,5,14,29H2,1-3H3. The van der Waals surface area contributed by atoms with Crippen LogP contribution in [0.5, 0.6) is 0 Å². The van der Waals surface area contributed by atoms with E-state index in [0.717, 1.165) is 25.0 Å². The zero-order chi connectivity index (χ0) is 36.1. The molecule has 3 heterocycles. The molecule has 1 fully saturated rings. The van der Waals surface area contributed by atoms with Crippen molar-refractivity contribution in [3.05, 3.63) is 171 Å². The molecule has 1 nitrogen and oxygen atoms in total. The Hall–Kier alpha value is -5.22. The molecule has 3 atom stereocenters. The van der Waals surface area contributed by atoms with Crippen molar-refractivity contribution in [2.75, 3.05) is 0 Å². The molecule has 11 rings (SSSR count). The van der Waals surface area contributed by atoms with Gasteiger partial charge in [0.2, 0.25) is 0 Å². The van der Waals surface area contributed by atoms with E-state index in [0.29, 0.717) is 0 Å². The van der Waals surface area contributed by atoms with E-state index < -0.39 is 0 Å². The number of benzene rings is 5. The van der Waals surface area contributed by atoms with Crippen LogP contribution in [0.4, 0.5) is 0 Å². The van der Waals surface area contributed by atoms with Crippen molar-refractivity contribution in [3.8, 4) is 20.9 Å². The lowest BCUT2D eigenvalue weighted by Gasteiger charge is -2.37. The van der Waals surface area contributed by atoms with Crippen molar-refractivity contribution >= 4 is 72.2 Å². The summed E-state index contributed by atoms with van der Waals surface area (Å²) in [5, 5.41) is 7.98. The first kappa shape index (κ1) is 32.2. The van der Waals surface area contributed by atoms with Gasteiger partial charge in [-0.1, -0.05) is 110 Å². The van der Waals surface area contributed by atoms with Crippen molar-refractivity contribution in [2.24, 2.45) is 11.3 Å². The highest BCUT2D eigenvalue weighted by molar-refractivity contribution is 7.16. The van der Waals surface area contributed by atoms with Crippen LogP contribution in [0, 0.1) is 25.2 Å². The van der Waals surface area contributed by atoms with Gasteiger partial charge in [0.1, 0.15) is 11.9 Å². The average Bonchev–Trinajstić information content (AvgIpc) is 3.91. The second-order valence-corrected chi connectivity index (χ2v) is 18.3. The Morgan fingerprint density at radius 1 is 0.630 bits per heavy atom. The molecule has 1 saturated heterocycles. The first-order chi connectivity index (χ1) is 26.5. The van der Waals surface area contributed by atoms with Crippen LogP contribution in [0.2, 0.25) is 0 Å². The Kier molecular flexibility index (Phi) is 7.25. The van der Waals surface area contributed by atoms with E-state index in [9.17, 15) is 0 Å². The van der Waals surface area contributed by atoms with Crippen LogP contribution in [0.1, 0.15) is 51.8 Å². The fourth-order valence-electron chi connectivity index (χ4n) is 10.2. The second kappa shape index (κ2) is 12.1. The van der Waals surface area contributed by atoms with Crippen LogP contribution in [0.15, 0.2) is 139 Å². The molecule has 0 N–H and O–H groups in total. The molecule has 0 bridgehead atoms. The molecule has 4 aliphatic rings. The summed E-state index contributed by atoms with van der Waals surface area (Å²) in [5.41, 5.74) is 11.0. The monoisotopic (exact) mass is 732 g/mol. The van der Waals surface area contributed by atoms with Crippen molar-refractivity contribution in [2.45, 2.75) is 46.1 Å². The predicted molar refractivity (Wildman–Crippen MR) is 233 cm³/mol. The number of fused-ring (bicyclic) bond motifs is 7. The van der Waals surface area contributed by atoms with Gasteiger partial charge < -0.3 is 4.74 Å². The average molecular weight is 733 g/mol. The number of aryl methyl sites for hydroxylation is 2. The summed E-state index contributed by atoms with van der Waals surface area (Å²) < 4.78 is 6.99. The lowest BCUT2D eigenvalue weighted by molar-refractivity contribution is 0.186. The van der Waals surface area contributed by atoms with Crippen LogP contribution < -0.4 is 0 Å². The quantitative estimate of drug-likeness (QED) is 0.164. The number of ether oxygens (including phenoxy) is 1. The third kappa shape index (κ3) is 4.68.